The number of benzene rings is 2. The number of nitrogens with zero attached hydrogens (tertiary/aromatic N) is 2. The van der Waals surface area contributed by atoms with E-state index in [4.69, 9.17) is 9.47 Å². The van der Waals surface area contributed by atoms with Crippen molar-refractivity contribution in [2.45, 2.75) is 19.4 Å². The van der Waals surface area contributed by atoms with E-state index in [2.05, 4.69) is 4.98 Å². The molecule has 0 saturated heterocycles. The Morgan fingerprint density at radius 2 is 1.93 bits per heavy atom. The zero-order valence-corrected chi connectivity index (χ0v) is 17.0. The highest BCUT2D eigenvalue weighted by Gasteiger charge is 2.26. The van der Waals surface area contributed by atoms with Crippen LogP contribution in [0.5, 0.6) is 11.5 Å². The first-order valence-corrected chi connectivity index (χ1v) is 10.2. The summed E-state index contributed by atoms with van der Waals surface area (Å²) in [6, 6.07) is 13.8. The van der Waals surface area contributed by atoms with Gasteiger partial charge in [0.1, 0.15) is 17.3 Å². The van der Waals surface area contributed by atoms with Crippen LogP contribution in [-0.2, 0) is 6.42 Å². The van der Waals surface area contributed by atoms with Crippen LogP contribution < -0.4 is 9.47 Å². The van der Waals surface area contributed by atoms with E-state index in [9.17, 15) is 9.18 Å². The monoisotopic (exact) mass is 412 g/mol. The largest absolute Gasteiger partial charge is 0.486 e. The molecule has 2 aromatic carbocycles. The van der Waals surface area contributed by atoms with E-state index in [0.717, 1.165) is 16.3 Å². The average molecular weight is 412 g/mol. The number of carbonyl (C=O) groups is 1. The molecule has 0 fully saturated rings. The Kier molecular flexibility index (Phi) is 5.49. The molecule has 0 saturated carbocycles. The Morgan fingerprint density at radius 3 is 2.69 bits per heavy atom. The van der Waals surface area contributed by atoms with E-state index >= 15 is 0 Å². The molecule has 150 valence electrons. The number of likely N-dealkylation sites (N-methyl/N-ethyl adjacent to an activating group) is 1. The van der Waals surface area contributed by atoms with Gasteiger partial charge in [-0.3, -0.25) is 4.79 Å². The van der Waals surface area contributed by atoms with Gasteiger partial charge in [0.2, 0.25) is 0 Å². The van der Waals surface area contributed by atoms with Gasteiger partial charge in [0.25, 0.3) is 5.91 Å². The molecule has 0 unspecified atom stereocenters. The summed E-state index contributed by atoms with van der Waals surface area (Å²) in [7, 11) is 1.75. The maximum Gasteiger partial charge on any atom is 0.265 e. The van der Waals surface area contributed by atoms with Gasteiger partial charge in [0.05, 0.1) is 17.2 Å². The minimum absolute atomic E-state index is 0.0900. The maximum absolute atomic E-state index is 13.1. The van der Waals surface area contributed by atoms with Crippen LogP contribution >= 0.6 is 11.3 Å². The second-order valence-corrected chi connectivity index (χ2v) is 8.09. The Morgan fingerprint density at radius 1 is 1.21 bits per heavy atom. The van der Waals surface area contributed by atoms with E-state index in [1.807, 2.05) is 31.2 Å². The van der Waals surface area contributed by atoms with Gasteiger partial charge in [0, 0.05) is 13.5 Å². The molecule has 1 atom stereocenters. The van der Waals surface area contributed by atoms with Crippen LogP contribution in [-0.4, -0.2) is 42.1 Å². The van der Waals surface area contributed by atoms with Crippen molar-refractivity contribution < 1.29 is 18.7 Å². The van der Waals surface area contributed by atoms with Crippen LogP contribution in [0.3, 0.4) is 0 Å². The molecule has 0 N–H and O–H groups in total. The number of halogens is 1. The second kappa shape index (κ2) is 8.21. The number of para-hydroxylation sites is 2. The lowest BCUT2D eigenvalue weighted by Crippen LogP contribution is -2.41. The quantitative estimate of drug-likeness (QED) is 0.633. The summed E-state index contributed by atoms with van der Waals surface area (Å²) in [4.78, 5) is 19.7. The molecule has 2 heterocycles. The summed E-state index contributed by atoms with van der Waals surface area (Å²) in [5.41, 5.74) is 1.66. The van der Waals surface area contributed by atoms with E-state index < -0.39 is 0 Å². The van der Waals surface area contributed by atoms with Crippen LogP contribution in [0.15, 0.2) is 48.5 Å². The highest BCUT2D eigenvalue weighted by atomic mass is 32.1. The van der Waals surface area contributed by atoms with Gasteiger partial charge < -0.3 is 14.4 Å². The molecular weight excluding hydrogens is 391 g/mol. The number of rotatable bonds is 5. The summed E-state index contributed by atoms with van der Waals surface area (Å²) in [5.74, 6) is 1.06. The summed E-state index contributed by atoms with van der Waals surface area (Å²) < 4.78 is 24.8. The molecule has 0 radical (unpaired) electrons. The predicted octanol–water partition coefficient (Wildman–Crippen LogP) is 4.09. The highest BCUT2D eigenvalue weighted by molar-refractivity contribution is 7.13. The lowest BCUT2D eigenvalue weighted by Gasteiger charge is -2.29. The normalized spacial score (nSPS) is 15.2. The molecule has 29 heavy (non-hydrogen) atoms. The van der Waals surface area contributed by atoms with Gasteiger partial charge in [-0.2, -0.15) is 0 Å². The van der Waals surface area contributed by atoms with E-state index in [0.29, 0.717) is 35.9 Å². The van der Waals surface area contributed by atoms with Gasteiger partial charge in [-0.1, -0.05) is 24.3 Å². The van der Waals surface area contributed by atoms with E-state index in [1.165, 1.54) is 23.5 Å². The fourth-order valence-corrected chi connectivity index (χ4v) is 4.31. The zero-order chi connectivity index (χ0) is 20.4. The van der Waals surface area contributed by atoms with Crippen LogP contribution in [0.1, 0.15) is 25.9 Å². The number of ether oxygens (including phenoxy) is 2. The van der Waals surface area contributed by atoms with Crippen molar-refractivity contribution in [2.75, 3.05) is 20.2 Å². The van der Waals surface area contributed by atoms with E-state index in [1.54, 1.807) is 24.1 Å². The molecule has 4 rings (SSSR count). The van der Waals surface area contributed by atoms with Crippen LogP contribution in [0.4, 0.5) is 4.39 Å². The first-order valence-electron chi connectivity index (χ1n) is 9.34. The second-order valence-electron chi connectivity index (χ2n) is 7.01. The maximum atomic E-state index is 13.1. The van der Waals surface area contributed by atoms with Gasteiger partial charge in [-0.05, 0) is 36.8 Å². The van der Waals surface area contributed by atoms with Crippen molar-refractivity contribution in [1.82, 2.24) is 9.88 Å². The zero-order valence-electron chi connectivity index (χ0n) is 16.2. The van der Waals surface area contributed by atoms with Gasteiger partial charge in [-0.15, -0.1) is 11.3 Å². The Bertz CT molecular complexity index is 1020. The molecule has 0 aliphatic carbocycles. The fourth-order valence-electron chi connectivity index (χ4n) is 3.22. The van der Waals surface area contributed by atoms with Gasteiger partial charge >= 0.3 is 0 Å². The first kappa shape index (κ1) is 19.4. The Hall–Kier alpha value is -2.93. The molecule has 0 spiro atoms. The average Bonchev–Trinajstić information content (AvgIpc) is 3.09. The van der Waals surface area contributed by atoms with Crippen LogP contribution in [0, 0.1) is 12.7 Å². The van der Waals surface area contributed by atoms with E-state index in [-0.39, 0.29) is 17.8 Å². The summed E-state index contributed by atoms with van der Waals surface area (Å²) in [6.45, 7) is 2.64. The number of carbonyl (C=O) groups excluding carboxylic acids is 1. The Labute approximate surface area is 172 Å². The minimum Gasteiger partial charge on any atom is -0.486 e. The smallest absolute Gasteiger partial charge is 0.265 e. The van der Waals surface area contributed by atoms with Crippen LogP contribution in [0.2, 0.25) is 0 Å². The number of fused-ring (bicyclic) bond motifs is 1. The summed E-state index contributed by atoms with van der Waals surface area (Å²) in [5, 5.41) is 0.831. The number of hydrogen-bond donors (Lipinski definition) is 0. The Balaban J connectivity index is 1.41. The molecule has 5 nitrogen and oxygen atoms in total. The molecule has 1 aliphatic heterocycles. The molecule has 7 heteroatoms. The van der Waals surface area contributed by atoms with Crippen molar-refractivity contribution in [2.24, 2.45) is 0 Å². The number of hydrogen-bond acceptors (Lipinski definition) is 5. The summed E-state index contributed by atoms with van der Waals surface area (Å²) >= 11 is 1.38. The van der Waals surface area contributed by atoms with Crippen LogP contribution in [0.25, 0.3) is 0 Å². The van der Waals surface area contributed by atoms with Crippen molar-refractivity contribution in [1.29, 1.82) is 0 Å². The number of aryl methyl sites for hydroxylation is 1. The molecular formula is C22H21FN2O3S. The molecule has 1 amide bonds. The molecule has 1 aliphatic rings. The molecule has 3 aromatic rings. The molecule has 1 aromatic heterocycles. The third-order valence-corrected chi connectivity index (χ3v) is 5.84. The number of amides is 1. The standard InChI is InChI=1S/C22H21FN2O3S/c1-14-21(29-20(24-14)11-15-7-9-16(23)10-8-15)22(26)25(2)12-17-13-27-18-5-3-4-6-19(18)28-17/h3-10,17H,11-13H2,1-2H3/t17-/m0/s1. The van der Waals surface area contributed by atoms with Gasteiger partial charge in [0.15, 0.2) is 17.6 Å². The lowest BCUT2D eigenvalue weighted by molar-refractivity contribution is 0.0523. The third-order valence-electron chi connectivity index (χ3n) is 4.70. The van der Waals surface area contributed by atoms with Crippen molar-refractivity contribution in [3.05, 3.63) is 75.5 Å². The third kappa shape index (κ3) is 4.40. The van der Waals surface area contributed by atoms with Crippen molar-refractivity contribution in [3.63, 3.8) is 0 Å². The van der Waals surface area contributed by atoms with Gasteiger partial charge in [-0.25, -0.2) is 9.37 Å². The van der Waals surface area contributed by atoms with Crippen molar-refractivity contribution in [3.8, 4) is 11.5 Å². The lowest BCUT2D eigenvalue weighted by atomic mass is 10.1. The minimum atomic E-state index is -0.266. The van der Waals surface area contributed by atoms with Crippen molar-refractivity contribution >= 4 is 17.2 Å². The fraction of sp³-hybridized carbons (Fsp3) is 0.273. The highest BCUT2D eigenvalue weighted by Crippen LogP contribution is 2.31. The first-order chi connectivity index (χ1) is 14.0. The topological polar surface area (TPSA) is 51.7 Å². The molecule has 0 bridgehead atoms. The summed E-state index contributed by atoms with van der Waals surface area (Å²) in [6.07, 6.45) is 0.338. The predicted molar refractivity (Wildman–Crippen MR) is 109 cm³/mol. The number of thiazole rings is 1. The SMILES string of the molecule is Cc1nc(Cc2ccc(F)cc2)sc1C(=O)N(C)C[C@H]1COc2ccccc2O1. The number of aromatic nitrogens is 1.